The van der Waals surface area contributed by atoms with Crippen LogP contribution in [0, 0.1) is 11.3 Å². The minimum atomic E-state index is -0.619. The van der Waals surface area contributed by atoms with Gasteiger partial charge in [0.2, 0.25) is 0 Å². The number of rotatable bonds is 16. The van der Waals surface area contributed by atoms with E-state index in [1.807, 2.05) is 0 Å². The van der Waals surface area contributed by atoms with Gasteiger partial charge < -0.3 is 10.5 Å². The average molecular weight is 380 g/mol. The molecule has 2 unspecified atom stereocenters. The Labute approximate surface area is 166 Å². The van der Waals surface area contributed by atoms with E-state index >= 15 is 0 Å². The van der Waals surface area contributed by atoms with Crippen molar-refractivity contribution < 1.29 is 14.3 Å². The van der Waals surface area contributed by atoms with Crippen LogP contribution in [0.15, 0.2) is 12.2 Å². The highest BCUT2D eigenvalue weighted by Crippen LogP contribution is 2.56. The molecule has 0 spiro atoms. The molecule has 1 saturated carbocycles. The van der Waals surface area contributed by atoms with Gasteiger partial charge in [0.15, 0.2) is 0 Å². The molecule has 0 heterocycles. The number of ether oxygens (including phenoxy) is 1. The number of allylic oxidation sites excluding steroid dienone is 2. The number of nitrogens with two attached hydrogens (primary N) is 1. The van der Waals surface area contributed by atoms with Crippen LogP contribution < -0.4 is 5.73 Å². The minimum Gasteiger partial charge on any atom is -0.392 e. The van der Waals surface area contributed by atoms with Gasteiger partial charge in [0.05, 0.1) is 12.0 Å². The first kappa shape index (κ1) is 23.9. The summed E-state index contributed by atoms with van der Waals surface area (Å²) in [5.41, 5.74) is 4.80. The molecule has 0 saturated heterocycles. The zero-order valence-corrected chi connectivity index (χ0v) is 17.6. The van der Waals surface area contributed by atoms with Crippen LogP contribution in [-0.2, 0) is 14.3 Å². The molecule has 4 heteroatoms. The molecular weight excluding hydrogens is 338 g/mol. The van der Waals surface area contributed by atoms with E-state index < -0.39 is 11.4 Å². The summed E-state index contributed by atoms with van der Waals surface area (Å²) in [7, 11) is 0. The van der Waals surface area contributed by atoms with E-state index in [1.165, 1.54) is 57.8 Å². The fourth-order valence-electron chi connectivity index (χ4n) is 3.80. The molecule has 27 heavy (non-hydrogen) atoms. The SMILES string of the molecule is CCCCCCCCC=CCCCCCCC1(C(=O)OC(=O)CN)CC1C. The van der Waals surface area contributed by atoms with Crippen LogP contribution in [0.1, 0.15) is 104 Å². The van der Waals surface area contributed by atoms with Crippen molar-refractivity contribution in [2.45, 2.75) is 104 Å². The first-order valence-electron chi connectivity index (χ1n) is 11.2. The number of unbranched alkanes of at least 4 members (excludes halogenated alkanes) is 10. The number of esters is 2. The van der Waals surface area contributed by atoms with Crippen LogP contribution in [0.25, 0.3) is 0 Å². The van der Waals surface area contributed by atoms with Crippen LogP contribution in [0.2, 0.25) is 0 Å². The fourth-order valence-corrected chi connectivity index (χ4v) is 3.80. The summed E-state index contributed by atoms with van der Waals surface area (Å²) in [6, 6.07) is 0. The molecule has 0 aromatic heterocycles. The second-order valence-electron chi connectivity index (χ2n) is 8.21. The van der Waals surface area contributed by atoms with Gasteiger partial charge in [0.25, 0.3) is 0 Å². The van der Waals surface area contributed by atoms with Gasteiger partial charge in [-0.2, -0.15) is 0 Å². The lowest BCUT2D eigenvalue weighted by Crippen LogP contribution is -2.27. The lowest BCUT2D eigenvalue weighted by Gasteiger charge is -2.14. The zero-order chi connectivity index (χ0) is 20.0. The molecular formula is C23H41NO3. The van der Waals surface area contributed by atoms with Crippen molar-refractivity contribution in [3.05, 3.63) is 12.2 Å². The van der Waals surface area contributed by atoms with Crippen molar-refractivity contribution in [1.82, 2.24) is 0 Å². The Bertz CT molecular complexity index is 461. The van der Waals surface area contributed by atoms with Crippen molar-refractivity contribution in [3.63, 3.8) is 0 Å². The lowest BCUT2D eigenvalue weighted by atomic mass is 9.95. The minimum absolute atomic E-state index is 0.234. The van der Waals surface area contributed by atoms with Crippen molar-refractivity contribution >= 4 is 11.9 Å². The largest absolute Gasteiger partial charge is 0.392 e. The summed E-state index contributed by atoms with van der Waals surface area (Å²) < 4.78 is 4.85. The maximum atomic E-state index is 12.2. The second kappa shape index (κ2) is 13.9. The maximum Gasteiger partial charge on any atom is 0.327 e. The fraction of sp³-hybridized carbons (Fsp3) is 0.826. The van der Waals surface area contributed by atoms with Crippen molar-refractivity contribution in [2.75, 3.05) is 6.54 Å². The highest BCUT2D eigenvalue weighted by Gasteiger charge is 2.58. The summed E-state index contributed by atoms with van der Waals surface area (Å²) in [6.07, 6.45) is 21.4. The van der Waals surface area contributed by atoms with Gasteiger partial charge >= 0.3 is 11.9 Å². The van der Waals surface area contributed by atoms with Crippen LogP contribution in [0.3, 0.4) is 0 Å². The van der Waals surface area contributed by atoms with E-state index in [2.05, 4.69) is 26.0 Å². The van der Waals surface area contributed by atoms with E-state index in [0.29, 0.717) is 5.92 Å². The van der Waals surface area contributed by atoms with Crippen molar-refractivity contribution in [1.29, 1.82) is 0 Å². The Kier molecular flexibility index (Phi) is 12.3. The van der Waals surface area contributed by atoms with E-state index in [9.17, 15) is 9.59 Å². The Morgan fingerprint density at radius 3 is 2.00 bits per heavy atom. The Balaban J connectivity index is 2.00. The Morgan fingerprint density at radius 1 is 0.963 bits per heavy atom. The standard InChI is InChI=1S/C23H41NO3/c1-3-4-5-6-7-8-9-10-11-12-13-14-15-16-17-23(18-20(23)2)22(26)27-21(25)19-24/h10-11,20H,3-9,12-19,24H2,1-2H3. The molecule has 1 fully saturated rings. The molecule has 0 aromatic rings. The molecule has 2 atom stereocenters. The van der Waals surface area contributed by atoms with Crippen LogP contribution >= 0.6 is 0 Å². The second-order valence-corrected chi connectivity index (χ2v) is 8.21. The summed E-state index contributed by atoms with van der Waals surface area (Å²) in [6.45, 7) is 4.08. The van der Waals surface area contributed by atoms with E-state index in [1.54, 1.807) is 0 Å². The molecule has 1 aliphatic carbocycles. The third kappa shape index (κ3) is 9.55. The highest BCUT2D eigenvalue weighted by atomic mass is 16.6. The van der Waals surface area contributed by atoms with Gasteiger partial charge in [-0.05, 0) is 44.4 Å². The number of carbonyl (C=O) groups excluding carboxylic acids is 2. The summed E-state index contributed by atoms with van der Waals surface area (Å²) in [5.74, 6) is -0.658. The van der Waals surface area contributed by atoms with Gasteiger partial charge in [-0.15, -0.1) is 0 Å². The predicted octanol–water partition coefficient (Wildman–Crippen LogP) is 5.69. The van der Waals surface area contributed by atoms with E-state index in [4.69, 9.17) is 10.5 Å². The van der Waals surface area contributed by atoms with E-state index in [0.717, 1.165) is 32.1 Å². The van der Waals surface area contributed by atoms with Gasteiger partial charge in [-0.3, -0.25) is 9.59 Å². The third-order valence-electron chi connectivity index (χ3n) is 5.87. The van der Waals surface area contributed by atoms with E-state index in [-0.39, 0.29) is 12.5 Å². The monoisotopic (exact) mass is 379 g/mol. The smallest absolute Gasteiger partial charge is 0.327 e. The first-order valence-corrected chi connectivity index (χ1v) is 11.2. The maximum absolute atomic E-state index is 12.2. The van der Waals surface area contributed by atoms with Gasteiger partial charge in [0.1, 0.15) is 0 Å². The molecule has 4 nitrogen and oxygen atoms in total. The predicted molar refractivity (Wildman–Crippen MR) is 111 cm³/mol. The molecule has 0 amide bonds. The Morgan fingerprint density at radius 2 is 1.48 bits per heavy atom. The van der Waals surface area contributed by atoms with Gasteiger partial charge in [0, 0.05) is 0 Å². The quantitative estimate of drug-likeness (QED) is 0.162. The first-order chi connectivity index (χ1) is 13.1. The molecule has 0 bridgehead atoms. The molecule has 0 radical (unpaired) electrons. The van der Waals surface area contributed by atoms with Crippen LogP contribution in [0.4, 0.5) is 0 Å². The molecule has 2 N–H and O–H groups in total. The van der Waals surface area contributed by atoms with Gasteiger partial charge in [-0.25, -0.2) is 0 Å². The summed E-state index contributed by atoms with van der Waals surface area (Å²) in [4.78, 5) is 23.4. The molecule has 1 rings (SSSR count). The molecule has 0 aromatic carbocycles. The normalized spacial score (nSPS) is 21.5. The summed E-state index contributed by atoms with van der Waals surface area (Å²) >= 11 is 0. The lowest BCUT2D eigenvalue weighted by molar-refractivity contribution is -0.163. The average Bonchev–Trinajstić information content (AvgIpc) is 3.32. The Hall–Kier alpha value is -1.16. The number of hydrogen-bond acceptors (Lipinski definition) is 4. The third-order valence-corrected chi connectivity index (χ3v) is 5.87. The van der Waals surface area contributed by atoms with Crippen LogP contribution in [-0.4, -0.2) is 18.5 Å². The number of hydrogen-bond donors (Lipinski definition) is 1. The highest BCUT2D eigenvalue weighted by molar-refractivity contribution is 5.91. The van der Waals surface area contributed by atoms with Gasteiger partial charge in [-0.1, -0.05) is 77.4 Å². The molecule has 1 aliphatic rings. The van der Waals surface area contributed by atoms with Crippen LogP contribution in [0.5, 0.6) is 0 Å². The number of carbonyl (C=O) groups is 2. The molecule has 156 valence electrons. The van der Waals surface area contributed by atoms with Crippen molar-refractivity contribution in [2.24, 2.45) is 17.1 Å². The zero-order valence-electron chi connectivity index (χ0n) is 17.6. The summed E-state index contributed by atoms with van der Waals surface area (Å²) in [5, 5.41) is 0. The van der Waals surface area contributed by atoms with Crippen molar-refractivity contribution in [3.8, 4) is 0 Å². The molecule has 0 aliphatic heterocycles. The topological polar surface area (TPSA) is 69.4 Å².